The highest BCUT2D eigenvalue weighted by Crippen LogP contribution is 2.34. The van der Waals surface area contributed by atoms with Gasteiger partial charge in [0.05, 0.1) is 18.2 Å². The van der Waals surface area contributed by atoms with E-state index in [9.17, 15) is 22.8 Å². The number of esters is 1. The Morgan fingerprint density at radius 1 is 1.43 bits per heavy atom. The molecular weight excluding hydrogens is 293 g/mol. The van der Waals surface area contributed by atoms with Crippen molar-refractivity contribution in [3.8, 4) is 0 Å². The fraction of sp³-hybridized carbons (Fsp3) is 0.273. The van der Waals surface area contributed by atoms with Crippen molar-refractivity contribution in [2.45, 2.75) is 6.18 Å². The van der Waals surface area contributed by atoms with Gasteiger partial charge in [-0.15, -0.1) is 0 Å². The number of carbonyl (C=O) groups excluding carboxylic acids is 2. The number of methoxy groups -OCH3 is 1. The Morgan fingerprint density at radius 2 is 2.10 bits per heavy atom. The number of rotatable bonds is 4. The minimum absolute atomic E-state index is 0.283. The molecule has 0 atom stereocenters. The predicted octanol–water partition coefficient (Wildman–Crippen LogP) is 2.55. The molecule has 1 rings (SSSR count). The third kappa shape index (κ3) is 4.39. The van der Waals surface area contributed by atoms with Gasteiger partial charge in [-0.1, -0.05) is 11.2 Å². The first kappa shape index (κ1) is 16.3. The highest BCUT2D eigenvalue weighted by molar-refractivity contribution is 5.97. The average Bonchev–Trinajstić information content (AvgIpc) is 2.43. The number of nitrogens with zero attached hydrogens (tertiary/aromatic N) is 3. The molecule has 0 saturated carbocycles. The van der Waals surface area contributed by atoms with Gasteiger partial charge in [-0.3, -0.25) is 9.59 Å². The van der Waals surface area contributed by atoms with Gasteiger partial charge in [0.25, 0.3) is 5.91 Å². The number of amides is 1. The molecule has 0 aliphatic heterocycles. The van der Waals surface area contributed by atoms with Gasteiger partial charge in [0.15, 0.2) is 0 Å². The van der Waals surface area contributed by atoms with Crippen LogP contribution in [0.1, 0.15) is 15.9 Å². The number of hydrogen-bond acceptors (Lipinski definition) is 4. The van der Waals surface area contributed by atoms with Crippen LogP contribution in [0, 0.1) is 0 Å². The van der Waals surface area contributed by atoms with E-state index in [-0.39, 0.29) is 5.69 Å². The van der Waals surface area contributed by atoms with E-state index in [4.69, 9.17) is 5.53 Å². The molecule has 0 saturated heterocycles. The number of halogens is 3. The van der Waals surface area contributed by atoms with Crippen LogP contribution in [0.4, 0.5) is 18.9 Å². The number of nitrogens with one attached hydrogen (secondary N) is 1. The monoisotopic (exact) mass is 302 g/mol. The van der Waals surface area contributed by atoms with E-state index in [0.29, 0.717) is 6.07 Å². The fourth-order valence-electron chi connectivity index (χ4n) is 1.40. The Labute approximate surface area is 116 Å². The summed E-state index contributed by atoms with van der Waals surface area (Å²) < 4.78 is 42.9. The third-order valence-electron chi connectivity index (χ3n) is 2.33. The maximum atomic E-state index is 12.9. The Morgan fingerprint density at radius 3 is 2.62 bits per heavy atom. The van der Waals surface area contributed by atoms with Crippen LogP contribution in [0.15, 0.2) is 23.3 Å². The highest BCUT2D eigenvalue weighted by atomic mass is 19.4. The Balaban J connectivity index is 3.13. The van der Waals surface area contributed by atoms with E-state index >= 15 is 0 Å². The van der Waals surface area contributed by atoms with E-state index in [1.54, 1.807) is 0 Å². The summed E-state index contributed by atoms with van der Waals surface area (Å²) in [6.07, 6.45) is -4.82. The van der Waals surface area contributed by atoms with Gasteiger partial charge >= 0.3 is 12.1 Å². The van der Waals surface area contributed by atoms with Gasteiger partial charge in [-0.05, 0) is 17.7 Å². The van der Waals surface area contributed by atoms with Gasteiger partial charge in [0.2, 0.25) is 0 Å². The first-order chi connectivity index (χ1) is 9.79. The number of azide groups is 1. The Bertz CT molecular complexity index is 609. The molecule has 7 nitrogen and oxygen atoms in total. The van der Waals surface area contributed by atoms with E-state index < -0.39 is 35.7 Å². The number of ether oxygens (including phenoxy) is 1. The van der Waals surface area contributed by atoms with Crippen LogP contribution in [0.2, 0.25) is 0 Å². The molecule has 1 aromatic carbocycles. The lowest BCUT2D eigenvalue weighted by atomic mass is 10.1. The molecular formula is C11H9F3N4O3. The highest BCUT2D eigenvalue weighted by Gasteiger charge is 2.35. The SMILES string of the molecule is COC(=O)CNC(=O)c1ccc(N=[N+]=[N-])cc1C(F)(F)F. The van der Waals surface area contributed by atoms with Crippen molar-refractivity contribution in [2.75, 3.05) is 13.7 Å². The van der Waals surface area contributed by atoms with E-state index in [1.165, 1.54) is 0 Å². The van der Waals surface area contributed by atoms with Gasteiger partial charge < -0.3 is 10.1 Å². The third-order valence-corrected chi connectivity index (χ3v) is 2.33. The maximum absolute atomic E-state index is 12.9. The lowest BCUT2D eigenvalue weighted by Crippen LogP contribution is -2.31. The maximum Gasteiger partial charge on any atom is 0.417 e. The molecule has 0 bridgehead atoms. The first-order valence-electron chi connectivity index (χ1n) is 5.41. The van der Waals surface area contributed by atoms with E-state index in [2.05, 4.69) is 14.8 Å². The predicted molar refractivity (Wildman–Crippen MR) is 64.6 cm³/mol. The van der Waals surface area contributed by atoms with Crippen molar-refractivity contribution in [1.29, 1.82) is 0 Å². The second-order valence-corrected chi connectivity index (χ2v) is 3.68. The van der Waals surface area contributed by atoms with Crippen LogP contribution >= 0.6 is 0 Å². The number of benzene rings is 1. The van der Waals surface area contributed by atoms with E-state index in [0.717, 1.165) is 19.2 Å². The summed E-state index contributed by atoms with van der Waals surface area (Å²) in [6, 6.07) is 2.47. The average molecular weight is 302 g/mol. The number of carbonyl (C=O) groups is 2. The minimum atomic E-state index is -4.82. The van der Waals surface area contributed by atoms with Crippen LogP contribution < -0.4 is 5.32 Å². The lowest BCUT2D eigenvalue weighted by molar-refractivity contribution is -0.139. The molecule has 21 heavy (non-hydrogen) atoms. The first-order valence-corrected chi connectivity index (χ1v) is 5.41. The zero-order valence-corrected chi connectivity index (χ0v) is 10.6. The number of hydrogen-bond donors (Lipinski definition) is 1. The van der Waals surface area contributed by atoms with Crippen molar-refractivity contribution in [3.63, 3.8) is 0 Å². The zero-order chi connectivity index (χ0) is 16.0. The van der Waals surface area contributed by atoms with Crippen molar-refractivity contribution < 1.29 is 27.5 Å². The topological polar surface area (TPSA) is 104 Å². The smallest absolute Gasteiger partial charge is 0.417 e. The summed E-state index contributed by atoms with van der Waals surface area (Å²) in [6.45, 7) is -0.565. The fourth-order valence-corrected chi connectivity index (χ4v) is 1.40. The molecule has 1 N–H and O–H groups in total. The van der Waals surface area contributed by atoms with Crippen LogP contribution in [-0.4, -0.2) is 25.5 Å². The van der Waals surface area contributed by atoms with Crippen LogP contribution in [0.5, 0.6) is 0 Å². The largest absolute Gasteiger partial charge is 0.468 e. The van der Waals surface area contributed by atoms with Crippen molar-refractivity contribution in [1.82, 2.24) is 5.32 Å². The molecule has 0 unspecified atom stereocenters. The summed E-state index contributed by atoms with van der Waals surface area (Å²) in [5.41, 5.74) is 5.97. The molecule has 1 amide bonds. The van der Waals surface area contributed by atoms with Gasteiger partial charge in [0.1, 0.15) is 6.54 Å². The van der Waals surface area contributed by atoms with Crippen molar-refractivity contribution >= 4 is 17.6 Å². The lowest BCUT2D eigenvalue weighted by Gasteiger charge is -2.13. The van der Waals surface area contributed by atoms with Crippen LogP contribution in [0.25, 0.3) is 10.4 Å². The quantitative estimate of drug-likeness (QED) is 0.400. The zero-order valence-electron chi connectivity index (χ0n) is 10.6. The summed E-state index contributed by atoms with van der Waals surface area (Å²) in [5.74, 6) is -1.90. The molecule has 0 aliphatic carbocycles. The van der Waals surface area contributed by atoms with Gasteiger partial charge in [0, 0.05) is 10.6 Å². The second kappa shape index (κ2) is 6.62. The summed E-state index contributed by atoms with van der Waals surface area (Å²) in [5, 5.41) is 5.04. The second-order valence-electron chi connectivity index (χ2n) is 3.68. The Kier molecular flexibility index (Phi) is 5.14. The minimum Gasteiger partial charge on any atom is -0.468 e. The van der Waals surface area contributed by atoms with E-state index in [1.807, 2.05) is 5.32 Å². The van der Waals surface area contributed by atoms with Gasteiger partial charge in [-0.2, -0.15) is 13.2 Å². The van der Waals surface area contributed by atoms with Crippen LogP contribution in [-0.2, 0) is 15.7 Å². The van der Waals surface area contributed by atoms with Crippen molar-refractivity contribution in [3.05, 3.63) is 39.8 Å². The molecule has 1 aromatic rings. The molecule has 0 radical (unpaired) electrons. The number of alkyl halides is 3. The summed E-state index contributed by atoms with van der Waals surface area (Å²) in [4.78, 5) is 24.9. The molecule has 0 aromatic heterocycles. The molecule has 0 heterocycles. The van der Waals surface area contributed by atoms with Crippen LogP contribution in [0.3, 0.4) is 0 Å². The molecule has 0 spiro atoms. The molecule has 112 valence electrons. The molecule has 0 aliphatic rings. The molecule has 0 fully saturated rings. The normalized spacial score (nSPS) is 10.5. The molecule has 10 heteroatoms. The summed E-state index contributed by atoms with van der Waals surface area (Å²) >= 11 is 0. The standard InChI is InChI=1S/C11H9F3N4O3/c1-21-9(19)5-16-10(20)7-3-2-6(17-18-15)4-8(7)11(12,13)14/h2-4H,5H2,1H3,(H,16,20). The van der Waals surface area contributed by atoms with Crippen molar-refractivity contribution in [2.24, 2.45) is 5.11 Å². The van der Waals surface area contributed by atoms with Gasteiger partial charge in [-0.25, -0.2) is 0 Å². The summed E-state index contributed by atoms with van der Waals surface area (Å²) in [7, 11) is 1.07. The Hall–Kier alpha value is -2.74.